The lowest BCUT2D eigenvalue weighted by atomic mass is 10.1. The summed E-state index contributed by atoms with van der Waals surface area (Å²) < 4.78 is 5.33. The van der Waals surface area contributed by atoms with Crippen LogP contribution in [-0.4, -0.2) is 34.7 Å². The van der Waals surface area contributed by atoms with E-state index in [1.165, 1.54) is 6.07 Å². The number of pyridine rings is 1. The van der Waals surface area contributed by atoms with E-state index < -0.39 is 0 Å². The quantitative estimate of drug-likeness (QED) is 0.862. The minimum atomic E-state index is -0.153. The fraction of sp³-hybridized carbons (Fsp3) is 0.462. The standard InChI is InChI=1S/C13H16N4O2/c18-11-2-1-10-7-15-13(17-12(10)16-11)14-5-3-9-4-6-19-8-9/h1-2,7,9H,3-6,8H2,(H2,14,15,16,17,18). The summed E-state index contributed by atoms with van der Waals surface area (Å²) in [5.74, 6) is 1.18. The van der Waals surface area contributed by atoms with Crippen molar-refractivity contribution in [3.05, 3.63) is 28.7 Å². The molecule has 0 amide bonds. The summed E-state index contributed by atoms with van der Waals surface area (Å²) in [5, 5.41) is 4.01. The van der Waals surface area contributed by atoms with Gasteiger partial charge in [-0.15, -0.1) is 0 Å². The molecule has 19 heavy (non-hydrogen) atoms. The Hall–Kier alpha value is -1.95. The van der Waals surface area contributed by atoms with Crippen LogP contribution in [0.3, 0.4) is 0 Å². The van der Waals surface area contributed by atoms with Crippen LogP contribution in [0.4, 0.5) is 5.95 Å². The summed E-state index contributed by atoms with van der Waals surface area (Å²) in [6.45, 7) is 2.54. The first-order valence-corrected chi connectivity index (χ1v) is 6.49. The molecule has 1 saturated heterocycles. The number of hydrogen-bond acceptors (Lipinski definition) is 5. The maximum Gasteiger partial charge on any atom is 0.249 e. The van der Waals surface area contributed by atoms with E-state index in [2.05, 4.69) is 20.3 Å². The summed E-state index contributed by atoms with van der Waals surface area (Å²) in [7, 11) is 0. The molecule has 1 atom stereocenters. The Balaban J connectivity index is 1.65. The third-order valence-electron chi connectivity index (χ3n) is 3.33. The van der Waals surface area contributed by atoms with Crippen LogP contribution in [0.2, 0.25) is 0 Å². The van der Waals surface area contributed by atoms with Crippen molar-refractivity contribution in [2.45, 2.75) is 12.8 Å². The van der Waals surface area contributed by atoms with E-state index in [0.717, 1.165) is 38.0 Å². The maximum absolute atomic E-state index is 11.2. The lowest BCUT2D eigenvalue weighted by Gasteiger charge is -2.08. The molecule has 1 aliphatic heterocycles. The molecule has 6 nitrogen and oxygen atoms in total. The molecule has 0 saturated carbocycles. The van der Waals surface area contributed by atoms with E-state index in [9.17, 15) is 4.79 Å². The van der Waals surface area contributed by atoms with Crippen molar-refractivity contribution >= 4 is 17.0 Å². The molecule has 6 heteroatoms. The Morgan fingerprint density at radius 2 is 2.42 bits per heavy atom. The van der Waals surface area contributed by atoms with Crippen LogP contribution in [0.5, 0.6) is 0 Å². The first-order valence-electron chi connectivity index (χ1n) is 6.49. The predicted octanol–water partition coefficient (Wildman–Crippen LogP) is 1.16. The number of rotatable bonds is 4. The molecule has 1 fully saturated rings. The van der Waals surface area contributed by atoms with Crippen molar-refractivity contribution in [1.29, 1.82) is 0 Å². The SMILES string of the molecule is O=c1ccc2cnc(NCCC3CCOC3)nc2[nH]1. The molecule has 1 unspecified atom stereocenters. The van der Waals surface area contributed by atoms with Crippen LogP contribution in [0.15, 0.2) is 23.1 Å². The number of hydrogen-bond donors (Lipinski definition) is 2. The number of anilines is 1. The van der Waals surface area contributed by atoms with Gasteiger partial charge in [-0.3, -0.25) is 4.79 Å². The number of nitrogens with one attached hydrogen (secondary N) is 2. The lowest BCUT2D eigenvalue weighted by molar-refractivity contribution is 0.185. The molecule has 2 aromatic heterocycles. The molecule has 100 valence electrons. The minimum Gasteiger partial charge on any atom is -0.381 e. The Bertz CT molecular complexity index is 619. The van der Waals surface area contributed by atoms with Gasteiger partial charge in [0.1, 0.15) is 5.65 Å². The van der Waals surface area contributed by atoms with Crippen molar-refractivity contribution < 1.29 is 4.74 Å². The Labute approximate surface area is 110 Å². The average Bonchev–Trinajstić information content (AvgIpc) is 2.91. The minimum absolute atomic E-state index is 0.153. The summed E-state index contributed by atoms with van der Waals surface area (Å²) in [4.78, 5) is 22.4. The van der Waals surface area contributed by atoms with Crippen LogP contribution < -0.4 is 10.9 Å². The molecule has 1 aliphatic rings. The Kier molecular flexibility index (Phi) is 3.41. The van der Waals surface area contributed by atoms with Gasteiger partial charge in [0.15, 0.2) is 0 Å². The van der Waals surface area contributed by atoms with Crippen LogP contribution in [0.1, 0.15) is 12.8 Å². The average molecular weight is 260 g/mol. The number of fused-ring (bicyclic) bond motifs is 1. The molecule has 0 spiro atoms. The smallest absolute Gasteiger partial charge is 0.249 e. The fourth-order valence-corrected chi connectivity index (χ4v) is 2.22. The fourth-order valence-electron chi connectivity index (χ4n) is 2.22. The lowest BCUT2D eigenvalue weighted by Crippen LogP contribution is -2.11. The van der Waals surface area contributed by atoms with Gasteiger partial charge in [-0.05, 0) is 24.8 Å². The van der Waals surface area contributed by atoms with Gasteiger partial charge in [-0.1, -0.05) is 0 Å². The van der Waals surface area contributed by atoms with Crippen LogP contribution >= 0.6 is 0 Å². The van der Waals surface area contributed by atoms with Gasteiger partial charge in [0.2, 0.25) is 11.5 Å². The summed E-state index contributed by atoms with van der Waals surface area (Å²) in [6.07, 6.45) is 3.89. The van der Waals surface area contributed by atoms with E-state index in [0.29, 0.717) is 17.5 Å². The molecular weight excluding hydrogens is 244 g/mol. The van der Waals surface area contributed by atoms with Gasteiger partial charge in [-0.2, -0.15) is 4.98 Å². The molecule has 0 aromatic carbocycles. The van der Waals surface area contributed by atoms with E-state index in [4.69, 9.17) is 4.74 Å². The van der Waals surface area contributed by atoms with Gasteiger partial charge >= 0.3 is 0 Å². The molecule has 0 aliphatic carbocycles. The Morgan fingerprint density at radius 3 is 3.26 bits per heavy atom. The van der Waals surface area contributed by atoms with Crippen LogP contribution in [-0.2, 0) is 4.74 Å². The van der Waals surface area contributed by atoms with E-state index >= 15 is 0 Å². The van der Waals surface area contributed by atoms with Crippen molar-refractivity contribution in [2.24, 2.45) is 5.92 Å². The van der Waals surface area contributed by atoms with E-state index in [1.54, 1.807) is 12.3 Å². The molecule has 2 aromatic rings. The van der Waals surface area contributed by atoms with Crippen molar-refractivity contribution in [1.82, 2.24) is 15.0 Å². The van der Waals surface area contributed by atoms with Crippen LogP contribution in [0.25, 0.3) is 11.0 Å². The highest BCUT2D eigenvalue weighted by atomic mass is 16.5. The highest BCUT2D eigenvalue weighted by Gasteiger charge is 2.14. The summed E-state index contributed by atoms with van der Waals surface area (Å²) in [5.41, 5.74) is 0.412. The first-order chi connectivity index (χ1) is 9.31. The highest BCUT2D eigenvalue weighted by Crippen LogP contribution is 2.16. The maximum atomic E-state index is 11.2. The third-order valence-corrected chi connectivity index (χ3v) is 3.33. The molecule has 3 rings (SSSR count). The second kappa shape index (κ2) is 5.36. The molecule has 2 N–H and O–H groups in total. The second-order valence-electron chi connectivity index (χ2n) is 4.77. The zero-order valence-corrected chi connectivity index (χ0v) is 10.6. The number of ether oxygens (including phenoxy) is 1. The summed E-state index contributed by atoms with van der Waals surface area (Å²) >= 11 is 0. The van der Waals surface area contributed by atoms with Gasteiger partial charge < -0.3 is 15.0 Å². The van der Waals surface area contributed by atoms with E-state index in [1.807, 2.05) is 0 Å². The number of nitrogens with zero attached hydrogens (tertiary/aromatic N) is 2. The highest BCUT2D eigenvalue weighted by molar-refractivity contribution is 5.74. The van der Waals surface area contributed by atoms with Crippen molar-refractivity contribution in [2.75, 3.05) is 25.1 Å². The molecular formula is C13H16N4O2. The van der Waals surface area contributed by atoms with Gasteiger partial charge in [0.25, 0.3) is 0 Å². The van der Waals surface area contributed by atoms with Gasteiger partial charge in [0, 0.05) is 37.4 Å². The Morgan fingerprint density at radius 1 is 1.47 bits per heavy atom. The van der Waals surface area contributed by atoms with Crippen molar-refractivity contribution in [3.8, 4) is 0 Å². The monoisotopic (exact) mass is 260 g/mol. The molecule has 0 radical (unpaired) electrons. The largest absolute Gasteiger partial charge is 0.381 e. The second-order valence-corrected chi connectivity index (χ2v) is 4.77. The predicted molar refractivity (Wildman–Crippen MR) is 72.2 cm³/mol. The zero-order valence-electron chi connectivity index (χ0n) is 10.6. The number of aromatic amines is 1. The number of aromatic nitrogens is 3. The summed E-state index contributed by atoms with van der Waals surface area (Å²) in [6, 6.07) is 3.19. The van der Waals surface area contributed by atoms with Gasteiger partial charge in [-0.25, -0.2) is 4.98 Å². The third kappa shape index (κ3) is 2.90. The molecule has 3 heterocycles. The molecule has 0 bridgehead atoms. The van der Waals surface area contributed by atoms with Crippen LogP contribution in [0, 0.1) is 5.92 Å². The first kappa shape index (κ1) is 12.1. The normalized spacial score (nSPS) is 18.8. The zero-order chi connectivity index (χ0) is 13.1. The van der Waals surface area contributed by atoms with Crippen molar-refractivity contribution in [3.63, 3.8) is 0 Å². The van der Waals surface area contributed by atoms with E-state index in [-0.39, 0.29) is 5.56 Å². The number of H-pyrrole nitrogens is 1. The topological polar surface area (TPSA) is 79.9 Å². The van der Waals surface area contributed by atoms with Gasteiger partial charge in [0.05, 0.1) is 0 Å².